The Morgan fingerprint density at radius 2 is 2.05 bits per heavy atom. The van der Waals surface area contributed by atoms with Crippen LogP contribution in [0.1, 0.15) is 0 Å². The molecule has 0 aromatic heterocycles. The second-order valence-electron chi connectivity index (χ2n) is 4.86. The van der Waals surface area contributed by atoms with Gasteiger partial charge < -0.3 is 16.0 Å². The quantitative estimate of drug-likeness (QED) is 0.816. The summed E-state index contributed by atoms with van der Waals surface area (Å²) in [5.41, 5.74) is 6.90. The number of benzene rings is 1. The molecule has 0 unspecified atom stereocenters. The molecule has 0 aliphatic carbocycles. The van der Waals surface area contributed by atoms with Crippen LogP contribution in [0.5, 0.6) is 0 Å². The van der Waals surface area contributed by atoms with Crippen molar-refractivity contribution in [2.24, 2.45) is 0 Å². The second-order valence-corrected chi connectivity index (χ2v) is 5.30. The summed E-state index contributed by atoms with van der Waals surface area (Å²) in [5.74, 6) is -0.0430. The van der Waals surface area contributed by atoms with E-state index >= 15 is 0 Å². The SMILES string of the molecule is CN1CCN(CC(=O)Nc2ccc(Cl)cc2N)CC1. The number of nitrogens with one attached hydrogen (secondary N) is 1. The predicted octanol–water partition coefficient (Wildman–Crippen LogP) is 1.11. The number of nitrogens with two attached hydrogens (primary N) is 1. The van der Waals surface area contributed by atoms with Crippen LogP contribution in [0, 0.1) is 0 Å². The van der Waals surface area contributed by atoms with Gasteiger partial charge in [-0.05, 0) is 25.2 Å². The molecule has 6 heteroatoms. The van der Waals surface area contributed by atoms with Crippen molar-refractivity contribution < 1.29 is 4.79 Å². The van der Waals surface area contributed by atoms with Crippen LogP contribution < -0.4 is 11.1 Å². The normalized spacial score (nSPS) is 17.4. The number of likely N-dealkylation sites (N-methyl/N-ethyl adjacent to an activating group) is 1. The van der Waals surface area contributed by atoms with Gasteiger partial charge in [-0.15, -0.1) is 0 Å². The minimum Gasteiger partial charge on any atom is -0.397 e. The highest BCUT2D eigenvalue weighted by Gasteiger charge is 2.16. The van der Waals surface area contributed by atoms with E-state index in [9.17, 15) is 4.79 Å². The number of nitrogens with zero attached hydrogens (tertiary/aromatic N) is 2. The van der Waals surface area contributed by atoms with Gasteiger partial charge >= 0.3 is 0 Å². The van der Waals surface area contributed by atoms with E-state index in [0.29, 0.717) is 22.9 Å². The Labute approximate surface area is 118 Å². The van der Waals surface area contributed by atoms with Gasteiger partial charge in [0.2, 0.25) is 5.91 Å². The minimum absolute atomic E-state index is 0.0430. The largest absolute Gasteiger partial charge is 0.397 e. The predicted molar refractivity (Wildman–Crippen MR) is 78.4 cm³/mol. The van der Waals surface area contributed by atoms with Crippen LogP contribution in [0.3, 0.4) is 0 Å². The molecule has 0 spiro atoms. The van der Waals surface area contributed by atoms with E-state index < -0.39 is 0 Å². The lowest BCUT2D eigenvalue weighted by Gasteiger charge is -2.31. The molecule has 1 saturated heterocycles. The maximum Gasteiger partial charge on any atom is 0.238 e. The molecule has 0 saturated carbocycles. The first kappa shape index (κ1) is 14.1. The Kier molecular flexibility index (Phi) is 4.63. The third-order valence-electron chi connectivity index (χ3n) is 3.25. The fourth-order valence-electron chi connectivity index (χ4n) is 2.05. The molecular formula is C13H19ClN4O. The standard InChI is InChI=1S/C13H19ClN4O/c1-17-4-6-18(7-5-17)9-13(19)16-12-3-2-10(14)8-11(12)15/h2-3,8H,4-7,9,15H2,1H3,(H,16,19). The summed E-state index contributed by atoms with van der Waals surface area (Å²) >= 11 is 5.82. The number of carbonyl (C=O) groups is 1. The van der Waals surface area contributed by atoms with Crippen molar-refractivity contribution in [1.82, 2.24) is 9.80 Å². The van der Waals surface area contributed by atoms with Crippen molar-refractivity contribution in [3.05, 3.63) is 23.2 Å². The van der Waals surface area contributed by atoms with Gasteiger partial charge in [0.15, 0.2) is 0 Å². The van der Waals surface area contributed by atoms with Gasteiger partial charge in [-0.1, -0.05) is 11.6 Å². The molecule has 0 radical (unpaired) electrons. The molecule has 1 heterocycles. The molecule has 1 fully saturated rings. The molecule has 1 aliphatic heterocycles. The second kappa shape index (κ2) is 6.23. The van der Waals surface area contributed by atoms with E-state index in [-0.39, 0.29) is 5.91 Å². The van der Waals surface area contributed by atoms with Gasteiger partial charge in [-0.2, -0.15) is 0 Å². The Bertz CT molecular complexity index is 458. The highest BCUT2D eigenvalue weighted by Crippen LogP contribution is 2.22. The molecule has 1 aromatic carbocycles. The number of hydrogen-bond acceptors (Lipinski definition) is 4. The molecule has 0 bridgehead atoms. The molecule has 5 nitrogen and oxygen atoms in total. The molecule has 1 aliphatic rings. The van der Waals surface area contributed by atoms with Crippen molar-refractivity contribution in [3.8, 4) is 0 Å². The highest BCUT2D eigenvalue weighted by atomic mass is 35.5. The van der Waals surface area contributed by atoms with Crippen LogP contribution in [-0.2, 0) is 4.79 Å². The van der Waals surface area contributed by atoms with Crippen molar-refractivity contribution >= 4 is 28.9 Å². The fourth-order valence-corrected chi connectivity index (χ4v) is 2.23. The summed E-state index contributed by atoms with van der Waals surface area (Å²) in [4.78, 5) is 16.3. The molecule has 1 aromatic rings. The molecular weight excluding hydrogens is 264 g/mol. The van der Waals surface area contributed by atoms with Gasteiger partial charge in [0, 0.05) is 31.2 Å². The summed E-state index contributed by atoms with van der Waals surface area (Å²) in [6.07, 6.45) is 0. The van der Waals surface area contributed by atoms with Crippen molar-refractivity contribution in [2.75, 3.05) is 50.8 Å². The molecule has 0 atom stereocenters. The fraction of sp³-hybridized carbons (Fsp3) is 0.462. The molecule has 19 heavy (non-hydrogen) atoms. The molecule has 104 valence electrons. The van der Waals surface area contributed by atoms with Gasteiger partial charge in [-0.3, -0.25) is 9.69 Å². The van der Waals surface area contributed by atoms with Crippen LogP contribution in [0.25, 0.3) is 0 Å². The van der Waals surface area contributed by atoms with Gasteiger partial charge in [-0.25, -0.2) is 0 Å². The number of piperazine rings is 1. The molecule has 2 rings (SSSR count). The van der Waals surface area contributed by atoms with E-state index in [1.807, 2.05) is 0 Å². The highest BCUT2D eigenvalue weighted by molar-refractivity contribution is 6.31. The third kappa shape index (κ3) is 4.09. The number of hydrogen-bond donors (Lipinski definition) is 2. The van der Waals surface area contributed by atoms with Crippen LogP contribution in [0.2, 0.25) is 5.02 Å². The van der Waals surface area contributed by atoms with E-state index in [1.54, 1.807) is 18.2 Å². The molecule has 1 amide bonds. The first-order valence-corrected chi connectivity index (χ1v) is 6.68. The first-order chi connectivity index (χ1) is 9.04. The van der Waals surface area contributed by atoms with Crippen LogP contribution in [-0.4, -0.2) is 55.5 Å². The number of rotatable bonds is 3. The maximum absolute atomic E-state index is 11.9. The summed E-state index contributed by atoms with van der Waals surface area (Å²) < 4.78 is 0. The number of anilines is 2. The minimum atomic E-state index is -0.0430. The maximum atomic E-state index is 11.9. The Hall–Kier alpha value is -1.30. The zero-order valence-electron chi connectivity index (χ0n) is 11.0. The van der Waals surface area contributed by atoms with Gasteiger partial charge in [0.1, 0.15) is 0 Å². The Morgan fingerprint density at radius 1 is 1.37 bits per heavy atom. The van der Waals surface area contributed by atoms with E-state index in [1.165, 1.54) is 0 Å². The van der Waals surface area contributed by atoms with E-state index in [4.69, 9.17) is 17.3 Å². The first-order valence-electron chi connectivity index (χ1n) is 6.30. The van der Waals surface area contributed by atoms with E-state index in [0.717, 1.165) is 26.2 Å². The molecule has 3 N–H and O–H groups in total. The lowest BCUT2D eigenvalue weighted by molar-refractivity contribution is -0.117. The van der Waals surface area contributed by atoms with Crippen LogP contribution in [0.15, 0.2) is 18.2 Å². The lowest BCUT2D eigenvalue weighted by Crippen LogP contribution is -2.47. The monoisotopic (exact) mass is 282 g/mol. The number of amides is 1. The van der Waals surface area contributed by atoms with Crippen LogP contribution in [0.4, 0.5) is 11.4 Å². The average Bonchev–Trinajstić information content (AvgIpc) is 2.36. The van der Waals surface area contributed by atoms with Crippen LogP contribution >= 0.6 is 11.6 Å². The smallest absolute Gasteiger partial charge is 0.238 e. The summed E-state index contributed by atoms with van der Waals surface area (Å²) in [7, 11) is 2.09. The summed E-state index contributed by atoms with van der Waals surface area (Å²) in [6.45, 7) is 4.22. The van der Waals surface area contributed by atoms with Gasteiger partial charge in [0.05, 0.1) is 17.9 Å². The summed E-state index contributed by atoms with van der Waals surface area (Å²) in [5, 5.41) is 3.38. The lowest BCUT2D eigenvalue weighted by atomic mass is 10.2. The number of carbonyl (C=O) groups excluding carboxylic acids is 1. The zero-order valence-corrected chi connectivity index (χ0v) is 11.8. The van der Waals surface area contributed by atoms with E-state index in [2.05, 4.69) is 22.2 Å². The van der Waals surface area contributed by atoms with Gasteiger partial charge in [0.25, 0.3) is 0 Å². The average molecular weight is 283 g/mol. The topological polar surface area (TPSA) is 61.6 Å². The zero-order chi connectivity index (χ0) is 13.8. The number of halogens is 1. The summed E-state index contributed by atoms with van der Waals surface area (Å²) in [6, 6.07) is 5.07. The number of nitrogen functional groups attached to an aromatic ring is 1. The van der Waals surface area contributed by atoms with Crippen molar-refractivity contribution in [1.29, 1.82) is 0 Å². The third-order valence-corrected chi connectivity index (χ3v) is 3.49. The van der Waals surface area contributed by atoms with Crippen molar-refractivity contribution in [2.45, 2.75) is 0 Å². The Morgan fingerprint density at radius 3 is 2.68 bits per heavy atom. The van der Waals surface area contributed by atoms with Crippen molar-refractivity contribution in [3.63, 3.8) is 0 Å². The Balaban J connectivity index is 1.87.